The first-order valence-corrected chi connectivity index (χ1v) is 6.36. The molecule has 0 saturated heterocycles. The minimum absolute atomic E-state index is 0.217. The minimum Gasteiger partial charge on any atom is -0.273 e. The molecule has 1 aromatic carbocycles. The predicted octanol–water partition coefficient (Wildman–Crippen LogP) is 2.76. The SMILES string of the molecule is CC(C)(C)C(=O)N1C(=O)C(Cl)Cc2ccccc21. The molecule has 1 heterocycles. The Balaban J connectivity index is 2.52. The van der Waals surface area contributed by atoms with E-state index in [2.05, 4.69) is 0 Å². The third kappa shape index (κ3) is 2.15. The summed E-state index contributed by atoms with van der Waals surface area (Å²) in [5.74, 6) is -0.541. The number of carbonyl (C=O) groups is 2. The maximum absolute atomic E-state index is 12.4. The largest absolute Gasteiger partial charge is 0.273 e. The van der Waals surface area contributed by atoms with E-state index in [1.807, 2.05) is 18.2 Å². The summed E-state index contributed by atoms with van der Waals surface area (Å²) in [5, 5.41) is -0.661. The molecular formula is C14H16ClNO2. The molecule has 0 saturated carbocycles. The van der Waals surface area contributed by atoms with E-state index in [4.69, 9.17) is 11.6 Å². The van der Waals surface area contributed by atoms with Crippen molar-refractivity contribution < 1.29 is 9.59 Å². The van der Waals surface area contributed by atoms with Crippen molar-refractivity contribution in [2.24, 2.45) is 5.41 Å². The number of rotatable bonds is 0. The first-order valence-electron chi connectivity index (χ1n) is 5.93. The summed E-state index contributed by atoms with van der Waals surface area (Å²) in [7, 11) is 0. The molecule has 1 aliphatic rings. The van der Waals surface area contributed by atoms with Crippen molar-refractivity contribution in [3.63, 3.8) is 0 Å². The molecule has 96 valence electrons. The number of hydrogen-bond acceptors (Lipinski definition) is 2. The molecule has 2 rings (SSSR count). The zero-order valence-corrected chi connectivity index (χ0v) is 11.5. The number of imide groups is 1. The summed E-state index contributed by atoms with van der Waals surface area (Å²) < 4.78 is 0. The average Bonchev–Trinajstić information content (AvgIpc) is 2.29. The van der Waals surface area contributed by atoms with Crippen LogP contribution in [0.15, 0.2) is 24.3 Å². The van der Waals surface area contributed by atoms with Crippen LogP contribution in [0.4, 0.5) is 5.69 Å². The molecule has 0 radical (unpaired) electrons. The number of amides is 2. The lowest BCUT2D eigenvalue weighted by Gasteiger charge is -2.34. The van der Waals surface area contributed by atoms with Gasteiger partial charge in [0.05, 0.1) is 5.69 Å². The highest BCUT2D eigenvalue weighted by Gasteiger charge is 2.39. The number of anilines is 1. The van der Waals surface area contributed by atoms with Crippen molar-refractivity contribution >= 4 is 29.1 Å². The van der Waals surface area contributed by atoms with Gasteiger partial charge in [-0.3, -0.25) is 9.59 Å². The van der Waals surface area contributed by atoms with Gasteiger partial charge in [-0.1, -0.05) is 39.0 Å². The van der Waals surface area contributed by atoms with Gasteiger partial charge in [-0.05, 0) is 18.1 Å². The van der Waals surface area contributed by atoms with E-state index in [1.165, 1.54) is 4.90 Å². The smallest absolute Gasteiger partial charge is 0.252 e. The molecule has 0 bridgehead atoms. The Labute approximate surface area is 112 Å². The molecule has 3 nitrogen and oxygen atoms in total. The molecular weight excluding hydrogens is 250 g/mol. The molecule has 4 heteroatoms. The monoisotopic (exact) mass is 265 g/mol. The molecule has 1 aromatic rings. The number of fused-ring (bicyclic) bond motifs is 1. The standard InChI is InChI=1S/C14H16ClNO2/c1-14(2,3)13(18)16-11-7-5-4-6-9(11)8-10(15)12(16)17/h4-7,10H,8H2,1-3H3. The second kappa shape index (κ2) is 4.39. The van der Waals surface area contributed by atoms with Crippen molar-refractivity contribution in [2.75, 3.05) is 4.90 Å². The Morgan fingerprint density at radius 1 is 1.33 bits per heavy atom. The van der Waals surface area contributed by atoms with Gasteiger partial charge in [-0.2, -0.15) is 0 Å². The predicted molar refractivity (Wildman–Crippen MR) is 71.7 cm³/mol. The molecule has 2 amide bonds. The highest BCUT2D eigenvalue weighted by atomic mass is 35.5. The molecule has 0 spiro atoms. The molecule has 0 N–H and O–H groups in total. The summed E-state index contributed by atoms with van der Waals surface area (Å²) in [6, 6.07) is 7.40. The fraction of sp³-hybridized carbons (Fsp3) is 0.429. The van der Waals surface area contributed by atoms with Gasteiger partial charge in [0, 0.05) is 5.41 Å². The molecule has 0 fully saturated rings. The van der Waals surface area contributed by atoms with E-state index >= 15 is 0 Å². The fourth-order valence-electron chi connectivity index (χ4n) is 1.99. The Morgan fingerprint density at radius 2 is 1.94 bits per heavy atom. The third-order valence-electron chi connectivity index (χ3n) is 2.96. The summed E-state index contributed by atoms with van der Waals surface area (Å²) in [6.07, 6.45) is 0.477. The lowest BCUT2D eigenvalue weighted by Crippen LogP contribution is -2.50. The van der Waals surface area contributed by atoms with Crippen molar-refractivity contribution in [1.29, 1.82) is 0 Å². The fourth-order valence-corrected chi connectivity index (χ4v) is 2.25. The number of para-hydroxylation sites is 1. The van der Waals surface area contributed by atoms with E-state index in [0.717, 1.165) is 5.56 Å². The zero-order chi connectivity index (χ0) is 13.5. The van der Waals surface area contributed by atoms with Gasteiger partial charge >= 0.3 is 0 Å². The van der Waals surface area contributed by atoms with Crippen LogP contribution >= 0.6 is 11.6 Å². The van der Waals surface area contributed by atoms with E-state index < -0.39 is 10.8 Å². The van der Waals surface area contributed by atoms with Crippen LogP contribution in [-0.2, 0) is 16.0 Å². The van der Waals surface area contributed by atoms with Crippen molar-refractivity contribution in [3.8, 4) is 0 Å². The Bertz CT molecular complexity index is 505. The van der Waals surface area contributed by atoms with Gasteiger partial charge in [-0.25, -0.2) is 4.90 Å². The van der Waals surface area contributed by atoms with Gasteiger partial charge in [0.15, 0.2) is 0 Å². The van der Waals surface area contributed by atoms with Crippen LogP contribution < -0.4 is 4.90 Å². The van der Waals surface area contributed by atoms with E-state index in [-0.39, 0.29) is 11.8 Å². The Kier molecular flexibility index (Phi) is 3.20. The number of nitrogens with zero attached hydrogens (tertiary/aromatic N) is 1. The molecule has 18 heavy (non-hydrogen) atoms. The zero-order valence-electron chi connectivity index (χ0n) is 10.7. The van der Waals surface area contributed by atoms with Crippen LogP contribution in [0.3, 0.4) is 0 Å². The average molecular weight is 266 g/mol. The molecule has 0 aliphatic carbocycles. The number of benzene rings is 1. The number of hydrogen-bond donors (Lipinski definition) is 0. The van der Waals surface area contributed by atoms with Crippen LogP contribution in [0.1, 0.15) is 26.3 Å². The van der Waals surface area contributed by atoms with E-state index in [1.54, 1.807) is 26.8 Å². The highest BCUT2D eigenvalue weighted by molar-refractivity contribution is 6.37. The summed E-state index contributed by atoms with van der Waals surface area (Å²) >= 11 is 6.04. The van der Waals surface area contributed by atoms with Crippen LogP contribution in [0.2, 0.25) is 0 Å². The second-order valence-electron chi connectivity index (χ2n) is 5.53. The van der Waals surface area contributed by atoms with Gasteiger partial charge in [0.1, 0.15) is 5.38 Å². The maximum atomic E-state index is 12.4. The van der Waals surface area contributed by atoms with Crippen molar-refractivity contribution in [1.82, 2.24) is 0 Å². The molecule has 0 aromatic heterocycles. The maximum Gasteiger partial charge on any atom is 0.252 e. The third-order valence-corrected chi connectivity index (χ3v) is 3.31. The molecule has 1 atom stereocenters. The van der Waals surface area contributed by atoms with Crippen molar-refractivity contribution in [3.05, 3.63) is 29.8 Å². The second-order valence-corrected chi connectivity index (χ2v) is 6.06. The lowest BCUT2D eigenvalue weighted by atomic mass is 9.91. The van der Waals surface area contributed by atoms with Gasteiger partial charge in [-0.15, -0.1) is 11.6 Å². The topological polar surface area (TPSA) is 37.4 Å². The van der Waals surface area contributed by atoms with Gasteiger partial charge in [0.25, 0.3) is 5.91 Å². The number of alkyl halides is 1. The molecule has 1 unspecified atom stereocenters. The first kappa shape index (κ1) is 13.1. The van der Waals surface area contributed by atoms with Crippen LogP contribution in [0.5, 0.6) is 0 Å². The molecule has 1 aliphatic heterocycles. The lowest BCUT2D eigenvalue weighted by molar-refractivity contribution is -0.131. The Hall–Kier alpha value is -1.35. The summed E-state index contributed by atoms with van der Waals surface area (Å²) in [4.78, 5) is 25.8. The normalized spacial score (nSPS) is 19.7. The van der Waals surface area contributed by atoms with Crippen LogP contribution in [0, 0.1) is 5.41 Å². The van der Waals surface area contributed by atoms with E-state index in [9.17, 15) is 9.59 Å². The minimum atomic E-state index is -0.661. The Morgan fingerprint density at radius 3 is 2.56 bits per heavy atom. The number of halogens is 1. The summed E-state index contributed by atoms with van der Waals surface area (Å²) in [5.41, 5.74) is 0.991. The van der Waals surface area contributed by atoms with Crippen molar-refractivity contribution in [2.45, 2.75) is 32.6 Å². The van der Waals surface area contributed by atoms with Gasteiger partial charge in [0.2, 0.25) is 5.91 Å². The van der Waals surface area contributed by atoms with Gasteiger partial charge < -0.3 is 0 Å². The van der Waals surface area contributed by atoms with Crippen LogP contribution in [0.25, 0.3) is 0 Å². The number of carbonyl (C=O) groups excluding carboxylic acids is 2. The van der Waals surface area contributed by atoms with Crippen LogP contribution in [-0.4, -0.2) is 17.2 Å². The quantitative estimate of drug-likeness (QED) is 0.677. The first-order chi connectivity index (χ1) is 8.32. The highest BCUT2D eigenvalue weighted by Crippen LogP contribution is 2.33. The summed E-state index contributed by atoms with van der Waals surface area (Å²) in [6.45, 7) is 5.38. The van der Waals surface area contributed by atoms with E-state index in [0.29, 0.717) is 12.1 Å².